The molecule has 3 heterocycles. The van der Waals surface area contributed by atoms with Crippen molar-refractivity contribution < 1.29 is 0 Å². The van der Waals surface area contributed by atoms with E-state index in [0.29, 0.717) is 0 Å². The maximum atomic E-state index is 4.75. The van der Waals surface area contributed by atoms with Crippen LogP contribution in [0.3, 0.4) is 0 Å². The molecule has 0 spiro atoms. The van der Waals surface area contributed by atoms with Crippen molar-refractivity contribution >= 4 is 34.6 Å². The Bertz CT molecular complexity index is 1120. The average molecular weight is 404 g/mol. The summed E-state index contributed by atoms with van der Waals surface area (Å²) in [6, 6.07) is 26.6. The first kappa shape index (κ1) is 20.5. The Morgan fingerprint density at radius 2 is 1.23 bits per heavy atom. The van der Waals surface area contributed by atoms with Crippen LogP contribution in [-0.4, -0.2) is 35.8 Å². The average Bonchev–Trinajstić information content (AvgIpc) is 2.83. The molecule has 0 saturated carbocycles. The van der Waals surface area contributed by atoms with Gasteiger partial charge in [-0.1, -0.05) is 36.4 Å². The normalized spacial score (nSPS) is 11.6. The number of allylic oxidation sites excluding steroid dienone is 1. The van der Waals surface area contributed by atoms with Gasteiger partial charge in [-0.3, -0.25) is 15.0 Å². The lowest BCUT2D eigenvalue weighted by atomic mass is 9.38. The fraction of sp³-hybridized carbons (Fsp3) is 0.115. The number of anilines is 1. The zero-order valence-corrected chi connectivity index (χ0v) is 18.1. The number of pyridine rings is 3. The number of rotatable bonds is 6. The Labute approximate surface area is 184 Å². The summed E-state index contributed by atoms with van der Waals surface area (Å²) in [5.74, 6) is 0. The van der Waals surface area contributed by atoms with Gasteiger partial charge in [-0.15, -0.1) is 0 Å². The van der Waals surface area contributed by atoms with E-state index in [9.17, 15) is 0 Å². The zero-order valence-electron chi connectivity index (χ0n) is 18.1. The predicted molar refractivity (Wildman–Crippen MR) is 131 cm³/mol. The van der Waals surface area contributed by atoms with Crippen molar-refractivity contribution in [3.05, 3.63) is 109 Å². The number of hydrogen-bond donors (Lipinski definition) is 0. The summed E-state index contributed by atoms with van der Waals surface area (Å²) in [5.41, 5.74) is 7.41. The van der Waals surface area contributed by atoms with E-state index in [1.54, 1.807) is 0 Å². The molecular weight excluding hydrogens is 379 g/mol. The lowest BCUT2D eigenvalue weighted by Gasteiger charge is -2.23. The third-order valence-electron chi connectivity index (χ3n) is 5.39. The van der Waals surface area contributed by atoms with Crippen LogP contribution in [0.15, 0.2) is 97.5 Å². The number of hydrogen-bond acceptors (Lipinski definition) is 4. The molecule has 0 fully saturated rings. The standard InChI is InChI=1S/C26H25BN4/c1-20(21-12-4-5-14-23(21)31(2)3)26(22-13-6-9-17-28-22)27(24-15-7-10-18-29-24)25-16-8-11-19-30-25/h4-19H,1-3H3/b26-20-. The topological polar surface area (TPSA) is 41.9 Å². The molecule has 0 aliphatic heterocycles. The first-order chi connectivity index (χ1) is 15.2. The van der Waals surface area contributed by atoms with Crippen molar-refractivity contribution in [1.29, 1.82) is 0 Å². The molecule has 0 radical (unpaired) electrons. The zero-order chi connectivity index (χ0) is 21.6. The van der Waals surface area contributed by atoms with Crippen LogP contribution in [-0.2, 0) is 0 Å². The molecule has 5 heteroatoms. The van der Waals surface area contributed by atoms with Crippen LogP contribution >= 0.6 is 0 Å². The molecule has 31 heavy (non-hydrogen) atoms. The maximum Gasteiger partial charge on any atom is 0.290 e. The van der Waals surface area contributed by atoms with E-state index in [0.717, 1.165) is 33.6 Å². The number of benzene rings is 1. The van der Waals surface area contributed by atoms with Crippen molar-refractivity contribution in [3.8, 4) is 0 Å². The van der Waals surface area contributed by atoms with Gasteiger partial charge >= 0.3 is 0 Å². The van der Waals surface area contributed by atoms with Gasteiger partial charge in [-0.2, -0.15) is 0 Å². The number of para-hydroxylation sites is 1. The molecule has 4 rings (SSSR count). The molecule has 0 amide bonds. The molecule has 152 valence electrons. The van der Waals surface area contributed by atoms with E-state index >= 15 is 0 Å². The minimum Gasteiger partial charge on any atom is -0.377 e. The summed E-state index contributed by atoms with van der Waals surface area (Å²) in [7, 11) is 4.14. The van der Waals surface area contributed by atoms with Crippen LogP contribution in [0.4, 0.5) is 5.69 Å². The Hall–Kier alpha value is -3.73. The van der Waals surface area contributed by atoms with Gasteiger partial charge in [0.2, 0.25) is 0 Å². The summed E-state index contributed by atoms with van der Waals surface area (Å²) in [4.78, 5) is 16.3. The molecule has 4 aromatic rings. The minimum atomic E-state index is -0.146. The number of aromatic nitrogens is 3. The van der Waals surface area contributed by atoms with Gasteiger partial charge in [0, 0.05) is 55.1 Å². The molecule has 3 aromatic heterocycles. The Morgan fingerprint density at radius 3 is 1.74 bits per heavy atom. The molecule has 0 N–H and O–H groups in total. The third kappa shape index (κ3) is 4.41. The summed E-state index contributed by atoms with van der Waals surface area (Å²) < 4.78 is 0. The van der Waals surface area contributed by atoms with Gasteiger partial charge in [0.1, 0.15) is 0 Å². The smallest absolute Gasteiger partial charge is 0.290 e. The summed E-state index contributed by atoms with van der Waals surface area (Å²) >= 11 is 0. The molecule has 0 aliphatic rings. The van der Waals surface area contributed by atoms with Gasteiger partial charge < -0.3 is 4.90 Å². The second-order valence-electron chi connectivity index (χ2n) is 7.61. The van der Waals surface area contributed by atoms with Crippen molar-refractivity contribution in [3.63, 3.8) is 0 Å². The van der Waals surface area contributed by atoms with Gasteiger partial charge in [-0.25, -0.2) is 0 Å². The highest BCUT2D eigenvalue weighted by molar-refractivity contribution is 6.99. The van der Waals surface area contributed by atoms with Crippen LogP contribution in [0.25, 0.3) is 11.0 Å². The van der Waals surface area contributed by atoms with Crippen LogP contribution in [0.5, 0.6) is 0 Å². The fourth-order valence-electron chi connectivity index (χ4n) is 3.95. The molecule has 0 aliphatic carbocycles. The highest BCUT2D eigenvalue weighted by Gasteiger charge is 2.31. The molecule has 4 nitrogen and oxygen atoms in total. The van der Waals surface area contributed by atoms with E-state index < -0.39 is 0 Å². The highest BCUT2D eigenvalue weighted by atomic mass is 15.1. The Kier molecular flexibility index (Phi) is 6.22. The lowest BCUT2D eigenvalue weighted by molar-refractivity contribution is 1.12. The summed E-state index contributed by atoms with van der Waals surface area (Å²) in [5, 5.41) is 0. The van der Waals surface area contributed by atoms with Gasteiger partial charge in [0.15, 0.2) is 0 Å². The van der Waals surface area contributed by atoms with E-state index in [1.807, 2.05) is 55.0 Å². The monoisotopic (exact) mass is 404 g/mol. The SMILES string of the molecule is C/C(=C(/B(c1ccccn1)c1ccccn1)c1ccccn1)c1ccccc1N(C)C. The van der Waals surface area contributed by atoms with Crippen molar-refractivity contribution in [1.82, 2.24) is 15.0 Å². The molecule has 0 saturated heterocycles. The van der Waals surface area contributed by atoms with Crippen molar-refractivity contribution in [2.75, 3.05) is 19.0 Å². The van der Waals surface area contributed by atoms with E-state index in [4.69, 9.17) is 15.0 Å². The summed E-state index contributed by atoms with van der Waals surface area (Å²) in [6.07, 6.45) is 5.52. The Morgan fingerprint density at radius 1 is 0.677 bits per heavy atom. The molecule has 0 atom stereocenters. The Balaban J connectivity index is 2.04. The maximum absolute atomic E-state index is 4.75. The molecule has 0 unspecified atom stereocenters. The molecular formula is C26H25BN4. The largest absolute Gasteiger partial charge is 0.377 e. The quantitative estimate of drug-likeness (QED) is 0.460. The summed E-state index contributed by atoms with van der Waals surface area (Å²) in [6.45, 7) is 2.03. The first-order valence-corrected chi connectivity index (χ1v) is 10.4. The van der Waals surface area contributed by atoms with E-state index in [-0.39, 0.29) is 6.71 Å². The van der Waals surface area contributed by atoms with Crippen molar-refractivity contribution in [2.45, 2.75) is 6.92 Å². The van der Waals surface area contributed by atoms with Gasteiger partial charge in [-0.05, 0) is 60.4 Å². The molecule has 0 bridgehead atoms. The third-order valence-corrected chi connectivity index (χ3v) is 5.39. The van der Waals surface area contributed by atoms with Crippen LogP contribution in [0.1, 0.15) is 18.2 Å². The first-order valence-electron chi connectivity index (χ1n) is 10.4. The second-order valence-corrected chi connectivity index (χ2v) is 7.61. The minimum absolute atomic E-state index is 0.146. The van der Waals surface area contributed by atoms with Crippen LogP contribution < -0.4 is 16.1 Å². The lowest BCUT2D eigenvalue weighted by Crippen LogP contribution is -2.47. The molecule has 1 aromatic carbocycles. The fourth-order valence-corrected chi connectivity index (χ4v) is 3.95. The number of nitrogens with zero attached hydrogens (tertiary/aromatic N) is 4. The van der Waals surface area contributed by atoms with Gasteiger partial charge in [0.05, 0.1) is 5.69 Å². The van der Waals surface area contributed by atoms with E-state index in [2.05, 4.69) is 68.4 Å². The van der Waals surface area contributed by atoms with E-state index in [1.165, 1.54) is 5.56 Å². The second kappa shape index (κ2) is 9.39. The van der Waals surface area contributed by atoms with Crippen LogP contribution in [0.2, 0.25) is 0 Å². The predicted octanol–water partition coefficient (Wildman–Crippen LogP) is 3.72. The highest BCUT2D eigenvalue weighted by Crippen LogP contribution is 2.32. The van der Waals surface area contributed by atoms with Crippen molar-refractivity contribution in [2.24, 2.45) is 0 Å². The van der Waals surface area contributed by atoms with Gasteiger partial charge in [0.25, 0.3) is 6.71 Å². The van der Waals surface area contributed by atoms with Crippen LogP contribution in [0, 0.1) is 0 Å².